The molecule has 1 atom stereocenters. The number of benzene rings is 3. The number of nitrogens with one attached hydrogen (secondary N) is 2. The second kappa shape index (κ2) is 8.49. The Labute approximate surface area is 182 Å². The SMILES string of the molecule is O=C(Nc1ccccc1Cl)[C@H](NS(=O)(=O)c1cccc2nsnc12)c1ccccc1. The van der Waals surface area contributed by atoms with E-state index < -0.39 is 22.0 Å². The van der Waals surface area contributed by atoms with E-state index in [1.165, 1.54) is 6.07 Å². The van der Waals surface area contributed by atoms with E-state index in [0.29, 0.717) is 21.8 Å². The van der Waals surface area contributed by atoms with Gasteiger partial charge in [0, 0.05) is 0 Å². The molecule has 4 rings (SSSR count). The normalized spacial score (nSPS) is 12.6. The van der Waals surface area contributed by atoms with Crippen molar-refractivity contribution in [3.63, 3.8) is 0 Å². The summed E-state index contributed by atoms with van der Waals surface area (Å²) < 4.78 is 37.0. The fourth-order valence-corrected chi connectivity index (χ4v) is 5.04. The highest BCUT2D eigenvalue weighted by Gasteiger charge is 2.29. The average Bonchev–Trinajstić information content (AvgIpc) is 3.23. The quantitative estimate of drug-likeness (QED) is 0.454. The first kappa shape index (κ1) is 20.4. The monoisotopic (exact) mass is 458 g/mol. The van der Waals surface area contributed by atoms with Crippen LogP contribution in [0, 0.1) is 0 Å². The molecule has 0 aliphatic rings. The Morgan fingerprint density at radius 2 is 1.67 bits per heavy atom. The molecule has 0 unspecified atom stereocenters. The first-order chi connectivity index (χ1) is 14.5. The Hall–Kier alpha value is -2.85. The first-order valence-corrected chi connectivity index (χ1v) is 11.4. The van der Waals surface area contributed by atoms with Gasteiger partial charge in [0.25, 0.3) is 0 Å². The van der Waals surface area contributed by atoms with E-state index in [1.54, 1.807) is 66.7 Å². The smallest absolute Gasteiger partial charge is 0.247 e. The third-order valence-electron chi connectivity index (χ3n) is 4.34. The van der Waals surface area contributed by atoms with Gasteiger partial charge in [0.1, 0.15) is 22.0 Å². The third-order valence-corrected chi connectivity index (χ3v) is 6.66. The molecule has 7 nitrogen and oxygen atoms in total. The number of fused-ring (bicyclic) bond motifs is 1. The van der Waals surface area contributed by atoms with Crippen molar-refractivity contribution in [2.24, 2.45) is 0 Å². The van der Waals surface area contributed by atoms with E-state index in [4.69, 9.17) is 11.6 Å². The second-order valence-electron chi connectivity index (χ2n) is 6.32. The molecule has 0 aliphatic heterocycles. The Morgan fingerprint density at radius 3 is 2.43 bits per heavy atom. The summed E-state index contributed by atoms with van der Waals surface area (Å²) in [5.74, 6) is -0.568. The van der Waals surface area contributed by atoms with E-state index in [-0.39, 0.29) is 10.4 Å². The molecule has 3 aromatic carbocycles. The number of hydrogen-bond donors (Lipinski definition) is 2. The van der Waals surface area contributed by atoms with E-state index in [1.807, 2.05) is 0 Å². The molecule has 0 spiro atoms. The number of aromatic nitrogens is 2. The maximum absolute atomic E-state index is 13.2. The van der Waals surface area contributed by atoms with Crippen LogP contribution in [-0.2, 0) is 14.8 Å². The van der Waals surface area contributed by atoms with Gasteiger partial charge in [0.2, 0.25) is 15.9 Å². The zero-order valence-electron chi connectivity index (χ0n) is 15.3. The average molecular weight is 459 g/mol. The molecule has 0 saturated heterocycles. The largest absolute Gasteiger partial charge is 0.323 e. The molecule has 1 heterocycles. The zero-order valence-corrected chi connectivity index (χ0v) is 17.7. The van der Waals surface area contributed by atoms with Crippen LogP contribution in [0.1, 0.15) is 11.6 Å². The fourth-order valence-electron chi connectivity index (χ4n) is 2.90. The predicted octanol–water partition coefficient (Wildman–Crippen LogP) is 4.00. The van der Waals surface area contributed by atoms with Gasteiger partial charge in [-0.2, -0.15) is 13.5 Å². The van der Waals surface area contributed by atoms with Gasteiger partial charge < -0.3 is 5.32 Å². The van der Waals surface area contributed by atoms with Gasteiger partial charge in [0.15, 0.2) is 0 Å². The standard InChI is InChI=1S/C20H15ClN4O3S2/c21-14-9-4-5-10-15(14)22-20(26)18(13-7-2-1-3-8-13)25-30(27,28)17-12-6-11-16-19(17)24-29-23-16/h1-12,18,25H,(H,22,26)/t18-/m1/s1. The van der Waals surface area contributed by atoms with Crippen LogP contribution in [0.15, 0.2) is 77.7 Å². The molecule has 2 N–H and O–H groups in total. The van der Waals surface area contributed by atoms with Crippen molar-refractivity contribution in [2.75, 3.05) is 5.32 Å². The number of para-hydroxylation sites is 1. The van der Waals surface area contributed by atoms with Crippen LogP contribution in [0.4, 0.5) is 5.69 Å². The molecule has 0 bridgehead atoms. The summed E-state index contributed by atoms with van der Waals surface area (Å²) in [7, 11) is -4.09. The van der Waals surface area contributed by atoms with Crippen LogP contribution in [0.25, 0.3) is 11.0 Å². The summed E-state index contributed by atoms with van der Waals surface area (Å²) in [6.07, 6.45) is 0. The Morgan fingerprint density at radius 1 is 0.933 bits per heavy atom. The Balaban J connectivity index is 1.71. The Bertz CT molecular complexity index is 1310. The number of nitrogens with zero attached hydrogens (tertiary/aromatic N) is 2. The lowest BCUT2D eigenvalue weighted by molar-refractivity contribution is -0.117. The molecule has 1 amide bonds. The lowest BCUT2D eigenvalue weighted by Crippen LogP contribution is -2.37. The molecule has 10 heteroatoms. The van der Waals surface area contributed by atoms with Gasteiger partial charge in [-0.25, -0.2) is 8.42 Å². The van der Waals surface area contributed by atoms with E-state index in [2.05, 4.69) is 18.8 Å². The maximum atomic E-state index is 13.2. The van der Waals surface area contributed by atoms with Gasteiger partial charge >= 0.3 is 0 Å². The van der Waals surface area contributed by atoms with Crippen LogP contribution >= 0.6 is 23.3 Å². The maximum Gasteiger partial charge on any atom is 0.247 e. The first-order valence-electron chi connectivity index (χ1n) is 8.80. The summed E-state index contributed by atoms with van der Waals surface area (Å²) in [5.41, 5.74) is 1.59. The van der Waals surface area contributed by atoms with Crippen molar-refractivity contribution in [3.05, 3.63) is 83.4 Å². The topological polar surface area (TPSA) is 101 Å². The molecule has 0 saturated carbocycles. The molecule has 0 aliphatic carbocycles. The number of amides is 1. The molecular formula is C20H15ClN4O3S2. The molecule has 0 fully saturated rings. The summed E-state index contributed by atoms with van der Waals surface area (Å²) in [6, 6.07) is 18.8. The third kappa shape index (κ3) is 4.19. The lowest BCUT2D eigenvalue weighted by Gasteiger charge is -2.19. The number of hydrogen-bond acceptors (Lipinski definition) is 6. The molecular weight excluding hydrogens is 444 g/mol. The lowest BCUT2D eigenvalue weighted by atomic mass is 10.1. The highest BCUT2D eigenvalue weighted by atomic mass is 35.5. The number of rotatable bonds is 6. The van der Waals surface area contributed by atoms with Crippen molar-refractivity contribution in [1.82, 2.24) is 13.5 Å². The van der Waals surface area contributed by atoms with E-state index >= 15 is 0 Å². The van der Waals surface area contributed by atoms with Crippen molar-refractivity contribution in [3.8, 4) is 0 Å². The van der Waals surface area contributed by atoms with Crippen molar-refractivity contribution in [2.45, 2.75) is 10.9 Å². The van der Waals surface area contributed by atoms with E-state index in [9.17, 15) is 13.2 Å². The van der Waals surface area contributed by atoms with Crippen LogP contribution in [0.5, 0.6) is 0 Å². The highest BCUT2D eigenvalue weighted by Crippen LogP contribution is 2.26. The molecule has 4 aromatic rings. The summed E-state index contributed by atoms with van der Waals surface area (Å²) >= 11 is 7.06. The van der Waals surface area contributed by atoms with Crippen LogP contribution in [-0.4, -0.2) is 23.1 Å². The van der Waals surface area contributed by atoms with Gasteiger partial charge in [-0.3, -0.25) is 4.79 Å². The molecule has 0 radical (unpaired) electrons. The minimum Gasteiger partial charge on any atom is -0.323 e. The van der Waals surface area contributed by atoms with Crippen LogP contribution in [0.3, 0.4) is 0 Å². The number of anilines is 1. The molecule has 1 aromatic heterocycles. The number of carbonyl (C=O) groups excluding carboxylic acids is 1. The number of carbonyl (C=O) groups is 1. The van der Waals surface area contributed by atoms with Crippen molar-refractivity contribution < 1.29 is 13.2 Å². The van der Waals surface area contributed by atoms with Gasteiger partial charge in [-0.05, 0) is 29.8 Å². The number of halogens is 1. The minimum absolute atomic E-state index is 0.0415. The van der Waals surface area contributed by atoms with Crippen molar-refractivity contribution in [1.29, 1.82) is 0 Å². The van der Waals surface area contributed by atoms with Gasteiger partial charge in [-0.1, -0.05) is 60.1 Å². The minimum atomic E-state index is -4.09. The van der Waals surface area contributed by atoms with Gasteiger partial charge in [-0.15, -0.1) is 0 Å². The van der Waals surface area contributed by atoms with Gasteiger partial charge in [0.05, 0.1) is 22.4 Å². The summed E-state index contributed by atoms with van der Waals surface area (Å²) in [5, 5.41) is 3.04. The number of sulfonamides is 1. The molecule has 30 heavy (non-hydrogen) atoms. The van der Waals surface area contributed by atoms with Crippen LogP contribution < -0.4 is 10.0 Å². The highest BCUT2D eigenvalue weighted by molar-refractivity contribution is 7.89. The Kier molecular flexibility index (Phi) is 5.78. The van der Waals surface area contributed by atoms with E-state index in [0.717, 1.165) is 11.7 Å². The fraction of sp³-hybridized carbons (Fsp3) is 0.0500. The van der Waals surface area contributed by atoms with Crippen LogP contribution in [0.2, 0.25) is 5.02 Å². The second-order valence-corrected chi connectivity index (χ2v) is 8.94. The summed E-state index contributed by atoms with van der Waals surface area (Å²) in [6.45, 7) is 0. The predicted molar refractivity (Wildman–Crippen MR) is 117 cm³/mol. The zero-order chi connectivity index (χ0) is 21.1. The summed E-state index contributed by atoms with van der Waals surface area (Å²) in [4.78, 5) is 13.0. The van der Waals surface area contributed by atoms with Crippen molar-refractivity contribution >= 4 is 56.0 Å². The molecule has 152 valence electrons.